The molecule has 0 aliphatic carbocycles. The molecule has 1 aliphatic heterocycles. The number of hydrogen-bond donors (Lipinski definition) is 0. The van der Waals surface area contributed by atoms with E-state index in [1.807, 2.05) is 11.3 Å². The van der Waals surface area contributed by atoms with E-state index in [4.69, 9.17) is 4.74 Å². The lowest BCUT2D eigenvalue weighted by Crippen LogP contribution is -2.19. The van der Waals surface area contributed by atoms with Crippen LogP contribution in [-0.4, -0.2) is 12.7 Å². The second kappa shape index (κ2) is 6.91. The van der Waals surface area contributed by atoms with Crippen LogP contribution in [0.1, 0.15) is 53.6 Å². The molecule has 17 heavy (non-hydrogen) atoms. The van der Waals surface area contributed by atoms with Crippen molar-refractivity contribution >= 4 is 27.3 Å². The number of halogens is 1. The van der Waals surface area contributed by atoms with Crippen molar-refractivity contribution in [2.75, 3.05) is 6.61 Å². The summed E-state index contributed by atoms with van der Waals surface area (Å²) in [6.07, 6.45) is 7.88. The highest BCUT2D eigenvalue weighted by Gasteiger charge is 2.17. The Hall–Kier alpha value is 0.140. The van der Waals surface area contributed by atoms with E-state index in [1.165, 1.54) is 41.9 Å². The third kappa shape index (κ3) is 4.08. The van der Waals surface area contributed by atoms with E-state index in [1.54, 1.807) is 0 Å². The summed E-state index contributed by atoms with van der Waals surface area (Å²) in [6, 6.07) is 4.52. The van der Waals surface area contributed by atoms with Crippen LogP contribution in [-0.2, 0) is 11.2 Å². The van der Waals surface area contributed by atoms with Crippen molar-refractivity contribution in [1.29, 1.82) is 0 Å². The second-order valence-electron chi connectivity index (χ2n) is 4.69. The first kappa shape index (κ1) is 13.6. The van der Waals surface area contributed by atoms with Gasteiger partial charge >= 0.3 is 0 Å². The van der Waals surface area contributed by atoms with E-state index >= 15 is 0 Å². The van der Waals surface area contributed by atoms with Gasteiger partial charge in [0.15, 0.2) is 0 Å². The summed E-state index contributed by atoms with van der Waals surface area (Å²) in [5.41, 5.74) is 0. The van der Waals surface area contributed by atoms with Gasteiger partial charge in [0.05, 0.1) is 6.10 Å². The summed E-state index contributed by atoms with van der Waals surface area (Å²) in [6.45, 7) is 3.19. The lowest BCUT2D eigenvalue weighted by atomic mass is 10.0. The fourth-order valence-corrected chi connectivity index (χ4v) is 3.92. The summed E-state index contributed by atoms with van der Waals surface area (Å²) in [7, 11) is 0. The summed E-state index contributed by atoms with van der Waals surface area (Å²) in [4.78, 5) is 3.47. The molecule has 0 amide bonds. The molecule has 1 saturated heterocycles. The Balaban J connectivity index is 1.77. The molecule has 0 N–H and O–H groups in total. The predicted molar refractivity (Wildman–Crippen MR) is 78.2 cm³/mol. The topological polar surface area (TPSA) is 9.23 Å². The van der Waals surface area contributed by atoms with Crippen LogP contribution < -0.4 is 0 Å². The van der Waals surface area contributed by atoms with Gasteiger partial charge in [-0.05, 0) is 50.7 Å². The molecule has 1 aliphatic rings. The average molecular weight is 317 g/mol. The molecule has 0 spiro atoms. The molecule has 1 aromatic heterocycles. The van der Waals surface area contributed by atoms with Crippen molar-refractivity contribution in [3.63, 3.8) is 0 Å². The van der Waals surface area contributed by atoms with Crippen molar-refractivity contribution < 1.29 is 4.74 Å². The minimum absolute atomic E-state index is 0.509. The second-order valence-corrected chi connectivity index (χ2v) is 7.00. The van der Waals surface area contributed by atoms with Gasteiger partial charge < -0.3 is 4.74 Å². The van der Waals surface area contributed by atoms with Crippen LogP contribution in [0, 0.1) is 0 Å². The largest absolute Gasteiger partial charge is 0.378 e. The van der Waals surface area contributed by atoms with Crippen LogP contribution in [0.25, 0.3) is 0 Å². The zero-order chi connectivity index (χ0) is 12.1. The Kier molecular flexibility index (Phi) is 5.51. The van der Waals surface area contributed by atoms with Gasteiger partial charge in [-0.25, -0.2) is 0 Å². The summed E-state index contributed by atoms with van der Waals surface area (Å²) >= 11 is 5.75. The highest BCUT2D eigenvalue weighted by molar-refractivity contribution is 9.09. The molecular formula is C14H21BrOS. The Morgan fingerprint density at radius 2 is 2.35 bits per heavy atom. The Morgan fingerprint density at radius 3 is 3.00 bits per heavy atom. The molecule has 0 aromatic carbocycles. The first-order chi connectivity index (χ1) is 8.29. The Morgan fingerprint density at radius 1 is 1.47 bits per heavy atom. The van der Waals surface area contributed by atoms with Crippen LogP contribution in [0.2, 0.25) is 0 Å². The Bertz CT molecular complexity index is 331. The summed E-state index contributed by atoms with van der Waals surface area (Å²) < 4.78 is 5.77. The number of hydrogen-bond acceptors (Lipinski definition) is 2. The predicted octanol–water partition coefficient (Wildman–Crippen LogP) is 5.10. The van der Waals surface area contributed by atoms with Crippen molar-refractivity contribution in [2.24, 2.45) is 0 Å². The monoisotopic (exact) mass is 316 g/mol. The highest BCUT2D eigenvalue weighted by Crippen LogP contribution is 2.34. The number of rotatable bonds is 5. The van der Waals surface area contributed by atoms with Gasteiger partial charge in [0.25, 0.3) is 0 Å². The van der Waals surface area contributed by atoms with Crippen molar-refractivity contribution in [3.8, 4) is 0 Å². The zero-order valence-electron chi connectivity index (χ0n) is 10.5. The van der Waals surface area contributed by atoms with Gasteiger partial charge in [-0.3, -0.25) is 0 Å². The number of ether oxygens (including phenoxy) is 1. The van der Waals surface area contributed by atoms with Crippen LogP contribution >= 0.6 is 27.3 Å². The fraction of sp³-hybridized carbons (Fsp3) is 0.714. The maximum absolute atomic E-state index is 5.77. The third-order valence-electron chi connectivity index (χ3n) is 3.36. The first-order valence-corrected chi connectivity index (χ1v) is 8.37. The molecule has 2 heterocycles. The molecule has 2 rings (SSSR count). The molecule has 0 radical (unpaired) electrons. The van der Waals surface area contributed by atoms with Crippen LogP contribution in [0.5, 0.6) is 0 Å². The normalized spacial score (nSPS) is 22.6. The first-order valence-electron chi connectivity index (χ1n) is 6.64. The van der Waals surface area contributed by atoms with E-state index in [9.17, 15) is 0 Å². The zero-order valence-corrected chi connectivity index (χ0v) is 12.9. The van der Waals surface area contributed by atoms with Gasteiger partial charge in [-0.1, -0.05) is 22.9 Å². The van der Waals surface area contributed by atoms with Gasteiger partial charge in [0.2, 0.25) is 0 Å². The number of alkyl halides is 1. The molecule has 1 aromatic rings. The fourth-order valence-electron chi connectivity index (χ4n) is 2.26. The highest BCUT2D eigenvalue weighted by atomic mass is 79.9. The molecule has 0 saturated carbocycles. The Labute approximate surface area is 117 Å². The molecule has 96 valence electrons. The summed E-state index contributed by atoms with van der Waals surface area (Å²) in [5, 5.41) is 0. The van der Waals surface area contributed by atoms with E-state index in [2.05, 4.69) is 35.0 Å². The van der Waals surface area contributed by atoms with E-state index in [-0.39, 0.29) is 0 Å². The average Bonchev–Trinajstić information content (AvgIpc) is 2.86. The van der Waals surface area contributed by atoms with Crippen molar-refractivity contribution in [1.82, 2.24) is 0 Å². The smallest absolute Gasteiger partial charge is 0.0575 e. The molecule has 1 fully saturated rings. The maximum Gasteiger partial charge on any atom is 0.0575 e. The van der Waals surface area contributed by atoms with Crippen LogP contribution in [0.4, 0.5) is 0 Å². The van der Waals surface area contributed by atoms with Gasteiger partial charge in [-0.2, -0.15) is 0 Å². The van der Waals surface area contributed by atoms with Crippen LogP contribution in [0.3, 0.4) is 0 Å². The third-order valence-corrected chi connectivity index (χ3v) is 5.95. The minimum atomic E-state index is 0.509. The van der Waals surface area contributed by atoms with E-state index < -0.39 is 0 Å². The lowest BCUT2D eigenvalue weighted by molar-refractivity contribution is 0.0102. The van der Waals surface area contributed by atoms with Gasteiger partial charge in [0, 0.05) is 21.2 Å². The quantitative estimate of drug-likeness (QED) is 0.687. The SMILES string of the molecule is CCc1ccc(C(Br)CCC2CCCCO2)s1. The van der Waals surface area contributed by atoms with Crippen molar-refractivity contribution in [2.45, 2.75) is 56.4 Å². The number of aryl methyl sites for hydroxylation is 1. The van der Waals surface area contributed by atoms with E-state index in [0.717, 1.165) is 13.0 Å². The molecule has 0 bridgehead atoms. The summed E-state index contributed by atoms with van der Waals surface area (Å²) in [5.74, 6) is 0. The molecule has 2 atom stereocenters. The van der Waals surface area contributed by atoms with E-state index in [0.29, 0.717) is 10.9 Å². The lowest BCUT2D eigenvalue weighted by Gasteiger charge is -2.23. The maximum atomic E-state index is 5.77. The molecule has 1 nitrogen and oxygen atoms in total. The number of thiophene rings is 1. The van der Waals surface area contributed by atoms with Gasteiger partial charge in [0.1, 0.15) is 0 Å². The molecular weight excluding hydrogens is 296 g/mol. The standard InChI is InChI=1S/C14H21BrOS/c1-2-12-7-9-14(17-12)13(15)8-6-11-5-3-4-10-16-11/h7,9,11,13H,2-6,8,10H2,1H3. The minimum Gasteiger partial charge on any atom is -0.378 e. The molecule has 3 heteroatoms. The van der Waals surface area contributed by atoms with Crippen molar-refractivity contribution in [3.05, 3.63) is 21.9 Å². The van der Waals surface area contributed by atoms with Gasteiger partial charge in [-0.15, -0.1) is 11.3 Å². The molecule has 2 unspecified atom stereocenters. The van der Waals surface area contributed by atoms with Crippen LogP contribution in [0.15, 0.2) is 12.1 Å².